The molecule has 0 heterocycles. The minimum Gasteiger partial charge on any atom is -0.396 e. The van der Waals surface area contributed by atoms with Gasteiger partial charge in [0.05, 0.1) is 0 Å². The lowest BCUT2D eigenvalue weighted by atomic mass is 10.3. The van der Waals surface area contributed by atoms with Crippen LogP contribution in [0, 0.1) is 0 Å². The molecule has 0 amide bonds. The van der Waals surface area contributed by atoms with Crippen LogP contribution in [0.3, 0.4) is 0 Å². The second kappa shape index (κ2) is 4.84. The van der Waals surface area contributed by atoms with Crippen molar-refractivity contribution < 1.29 is 5.11 Å². The first-order chi connectivity index (χ1) is 3.31. The minimum absolute atomic E-state index is 0.335. The molecule has 2 heteroatoms. The molecule has 0 rings (SSSR count). The maximum Gasteiger partial charge on any atom is 0.0441 e. The van der Waals surface area contributed by atoms with E-state index in [1.807, 2.05) is 0 Å². The summed E-state index contributed by atoms with van der Waals surface area (Å²) in [6.45, 7) is 2.47. The zero-order chi connectivity index (χ0) is 5.70. The Labute approximate surface area is 58.3 Å². The Morgan fingerprint density at radius 1 is 1.71 bits per heavy atom. The lowest BCUT2D eigenvalue weighted by molar-refractivity contribution is 0.288. The van der Waals surface area contributed by atoms with Crippen LogP contribution in [0.4, 0.5) is 0 Å². The summed E-state index contributed by atoms with van der Waals surface area (Å²) < 4.78 is 0.669. The first kappa shape index (κ1) is 7.69. The number of hydrogen-bond donors (Lipinski definition) is 1. The van der Waals surface area contributed by atoms with Crippen molar-refractivity contribution >= 4 is 22.6 Å². The predicted molar refractivity (Wildman–Crippen MR) is 39.8 cm³/mol. The molecule has 1 unspecified atom stereocenters. The third-order valence-electron chi connectivity index (χ3n) is 0.885. The minimum atomic E-state index is 0.335. The highest BCUT2D eigenvalue weighted by molar-refractivity contribution is 14.1. The highest BCUT2D eigenvalue weighted by atomic mass is 127. The van der Waals surface area contributed by atoms with E-state index in [9.17, 15) is 0 Å². The Hall–Kier alpha value is 0.690. The first-order valence-electron chi connectivity index (χ1n) is 2.56. The van der Waals surface area contributed by atoms with Gasteiger partial charge in [0.1, 0.15) is 0 Å². The molecule has 0 radical (unpaired) electrons. The van der Waals surface area contributed by atoms with Crippen LogP contribution in [-0.2, 0) is 0 Å². The number of aliphatic hydroxyl groups is 1. The Bertz CT molecular complexity index is 39.1. The quantitative estimate of drug-likeness (QED) is 0.558. The van der Waals surface area contributed by atoms with Crippen LogP contribution in [0.5, 0.6) is 0 Å². The van der Waals surface area contributed by atoms with E-state index in [0.717, 1.165) is 6.42 Å². The van der Waals surface area contributed by atoms with Crippen LogP contribution >= 0.6 is 22.6 Å². The van der Waals surface area contributed by atoms with Crippen molar-refractivity contribution in [2.24, 2.45) is 0 Å². The molecule has 0 spiro atoms. The van der Waals surface area contributed by atoms with E-state index in [0.29, 0.717) is 10.5 Å². The Balaban J connectivity index is 2.83. The van der Waals surface area contributed by atoms with Crippen LogP contribution in [0.25, 0.3) is 0 Å². The van der Waals surface area contributed by atoms with Gasteiger partial charge in [-0.05, 0) is 12.8 Å². The summed E-state index contributed by atoms with van der Waals surface area (Å²) in [6.07, 6.45) is 2.11. The zero-order valence-electron chi connectivity index (χ0n) is 4.52. The SMILES string of the molecule is CCC(I)CCO. The van der Waals surface area contributed by atoms with Gasteiger partial charge in [-0.25, -0.2) is 0 Å². The van der Waals surface area contributed by atoms with E-state index in [1.165, 1.54) is 6.42 Å². The van der Waals surface area contributed by atoms with E-state index in [4.69, 9.17) is 5.11 Å². The fourth-order valence-corrected chi connectivity index (χ4v) is 0.623. The van der Waals surface area contributed by atoms with Crippen molar-refractivity contribution in [2.45, 2.75) is 23.7 Å². The fourth-order valence-electron chi connectivity index (χ4n) is 0.344. The maximum absolute atomic E-state index is 8.36. The number of alkyl halides is 1. The standard InChI is InChI=1S/C5H11IO/c1-2-5(6)3-4-7/h5,7H,2-4H2,1H3. The van der Waals surface area contributed by atoms with Crippen LogP contribution in [0.1, 0.15) is 19.8 Å². The molecule has 0 aliphatic rings. The number of rotatable bonds is 3. The summed E-state index contributed by atoms with van der Waals surface area (Å²) in [5.74, 6) is 0. The molecule has 0 aromatic rings. The molecule has 1 atom stereocenters. The lowest BCUT2D eigenvalue weighted by Crippen LogP contribution is -1.96. The third kappa shape index (κ3) is 4.55. The summed E-state index contributed by atoms with van der Waals surface area (Å²) in [4.78, 5) is 0. The second-order valence-electron chi connectivity index (χ2n) is 1.52. The van der Waals surface area contributed by atoms with Gasteiger partial charge in [-0.1, -0.05) is 29.5 Å². The molecule has 0 aliphatic heterocycles. The van der Waals surface area contributed by atoms with Gasteiger partial charge in [0, 0.05) is 10.5 Å². The van der Waals surface area contributed by atoms with Crippen LogP contribution in [0.2, 0.25) is 0 Å². The van der Waals surface area contributed by atoms with E-state index < -0.39 is 0 Å². The molecule has 0 bridgehead atoms. The average molecular weight is 214 g/mol. The Morgan fingerprint density at radius 3 is 2.43 bits per heavy atom. The summed E-state index contributed by atoms with van der Waals surface area (Å²) in [6, 6.07) is 0. The smallest absolute Gasteiger partial charge is 0.0441 e. The van der Waals surface area contributed by atoms with E-state index >= 15 is 0 Å². The van der Waals surface area contributed by atoms with Crippen molar-refractivity contribution in [2.75, 3.05) is 6.61 Å². The van der Waals surface area contributed by atoms with Gasteiger partial charge in [-0.15, -0.1) is 0 Å². The number of aliphatic hydroxyl groups excluding tert-OH is 1. The zero-order valence-corrected chi connectivity index (χ0v) is 6.68. The van der Waals surface area contributed by atoms with E-state index in [-0.39, 0.29) is 0 Å². The average Bonchev–Trinajstić information content (AvgIpc) is 1.68. The summed E-state index contributed by atoms with van der Waals surface area (Å²) in [5, 5.41) is 8.36. The fraction of sp³-hybridized carbons (Fsp3) is 1.00. The maximum atomic E-state index is 8.36. The number of halogens is 1. The van der Waals surface area contributed by atoms with Gasteiger partial charge >= 0.3 is 0 Å². The van der Waals surface area contributed by atoms with Gasteiger partial charge in [-0.2, -0.15) is 0 Å². The van der Waals surface area contributed by atoms with Gasteiger partial charge in [-0.3, -0.25) is 0 Å². The van der Waals surface area contributed by atoms with Crippen LogP contribution in [-0.4, -0.2) is 15.6 Å². The van der Waals surface area contributed by atoms with Gasteiger partial charge in [0.2, 0.25) is 0 Å². The highest BCUT2D eigenvalue weighted by Crippen LogP contribution is 2.07. The molecule has 1 nitrogen and oxygen atoms in total. The van der Waals surface area contributed by atoms with Gasteiger partial charge < -0.3 is 5.11 Å². The Kier molecular flexibility index (Phi) is 5.32. The van der Waals surface area contributed by atoms with Crippen molar-refractivity contribution in [3.8, 4) is 0 Å². The molecule has 0 aromatic carbocycles. The predicted octanol–water partition coefficient (Wildman–Crippen LogP) is 1.58. The van der Waals surface area contributed by atoms with E-state index in [1.54, 1.807) is 0 Å². The molecule has 0 fully saturated rings. The summed E-state index contributed by atoms with van der Waals surface area (Å²) >= 11 is 2.35. The lowest BCUT2D eigenvalue weighted by Gasteiger charge is -1.99. The Morgan fingerprint density at radius 2 is 2.29 bits per heavy atom. The second-order valence-corrected chi connectivity index (χ2v) is 3.28. The molecular formula is C5H11IO. The molecule has 0 saturated heterocycles. The molecule has 7 heavy (non-hydrogen) atoms. The largest absolute Gasteiger partial charge is 0.396 e. The van der Waals surface area contributed by atoms with Crippen LogP contribution in [0.15, 0.2) is 0 Å². The third-order valence-corrected chi connectivity index (χ3v) is 2.39. The molecule has 0 aromatic heterocycles. The molecule has 0 aliphatic carbocycles. The van der Waals surface area contributed by atoms with E-state index in [2.05, 4.69) is 29.5 Å². The van der Waals surface area contributed by atoms with Gasteiger partial charge in [0.15, 0.2) is 0 Å². The van der Waals surface area contributed by atoms with Gasteiger partial charge in [0.25, 0.3) is 0 Å². The van der Waals surface area contributed by atoms with Crippen molar-refractivity contribution in [1.29, 1.82) is 0 Å². The molecular weight excluding hydrogens is 203 g/mol. The topological polar surface area (TPSA) is 20.2 Å². The highest BCUT2D eigenvalue weighted by Gasteiger charge is 1.95. The van der Waals surface area contributed by atoms with Crippen molar-refractivity contribution in [3.63, 3.8) is 0 Å². The normalized spacial score (nSPS) is 14.1. The number of hydrogen-bond acceptors (Lipinski definition) is 1. The van der Waals surface area contributed by atoms with Crippen LogP contribution < -0.4 is 0 Å². The summed E-state index contributed by atoms with van der Waals surface area (Å²) in [7, 11) is 0. The van der Waals surface area contributed by atoms with Crippen molar-refractivity contribution in [3.05, 3.63) is 0 Å². The summed E-state index contributed by atoms with van der Waals surface area (Å²) in [5.41, 5.74) is 0. The van der Waals surface area contributed by atoms with Crippen molar-refractivity contribution in [1.82, 2.24) is 0 Å². The molecule has 44 valence electrons. The first-order valence-corrected chi connectivity index (χ1v) is 3.80. The molecule has 0 saturated carbocycles. The molecule has 1 N–H and O–H groups in total. The monoisotopic (exact) mass is 214 g/mol.